The maximum Gasteiger partial charge on any atom is 0.409 e. The number of carbonyl (C=O) groups excluding carboxylic acids is 1. The van der Waals surface area contributed by atoms with Crippen LogP contribution in [0.5, 0.6) is 5.75 Å². The van der Waals surface area contributed by atoms with Crippen molar-refractivity contribution < 1.29 is 14.3 Å². The summed E-state index contributed by atoms with van der Waals surface area (Å²) in [6, 6.07) is 8.33. The van der Waals surface area contributed by atoms with Crippen LogP contribution < -0.4 is 15.4 Å². The monoisotopic (exact) mass is 533 g/mol. The van der Waals surface area contributed by atoms with Crippen molar-refractivity contribution >= 4 is 36.0 Å². The highest BCUT2D eigenvalue weighted by atomic mass is 127. The Morgan fingerprint density at radius 3 is 2.60 bits per heavy atom. The van der Waals surface area contributed by atoms with Crippen LogP contribution in [-0.4, -0.2) is 81.9 Å². The minimum atomic E-state index is -0.223. The number of aliphatic imine (C=N–C) groups is 1. The Morgan fingerprint density at radius 2 is 1.97 bits per heavy atom. The van der Waals surface area contributed by atoms with E-state index >= 15 is 0 Å². The molecule has 0 radical (unpaired) electrons. The van der Waals surface area contributed by atoms with E-state index in [2.05, 4.69) is 26.6 Å². The van der Waals surface area contributed by atoms with E-state index < -0.39 is 0 Å². The molecule has 1 saturated heterocycles. The molecule has 0 aromatic heterocycles. The first-order chi connectivity index (χ1) is 14.0. The molecule has 0 saturated carbocycles. The lowest BCUT2D eigenvalue weighted by molar-refractivity contribution is 0.0963. The van der Waals surface area contributed by atoms with Crippen LogP contribution in [0.15, 0.2) is 29.3 Å². The minimum absolute atomic E-state index is 0. The number of halogens is 1. The topological polar surface area (TPSA) is 78.4 Å². The molecule has 1 fully saturated rings. The van der Waals surface area contributed by atoms with E-state index in [1.54, 1.807) is 11.9 Å². The van der Waals surface area contributed by atoms with E-state index in [1.165, 1.54) is 0 Å². The van der Waals surface area contributed by atoms with Crippen molar-refractivity contribution in [2.45, 2.75) is 32.4 Å². The number of carbonyl (C=O) groups is 1. The maximum atomic E-state index is 11.8. The van der Waals surface area contributed by atoms with Gasteiger partial charge in [0.05, 0.1) is 6.61 Å². The number of amides is 1. The number of guanidine groups is 1. The molecule has 8 nitrogen and oxygen atoms in total. The second-order valence-electron chi connectivity index (χ2n) is 7.29. The maximum absolute atomic E-state index is 11.8. The van der Waals surface area contributed by atoms with Gasteiger partial charge in [0.25, 0.3) is 0 Å². The van der Waals surface area contributed by atoms with Crippen molar-refractivity contribution in [1.29, 1.82) is 0 Å². The third-order valence-corrected chi connectivity index (χ3v) is 4.80. The van der Waals surface area contributed by atoms with Crippen LogP contribution in [0.4, 0.5) is 4.79 Å². The molecule has 1 heterocycles. The summed E-state index contributed by atoms with van der Waals surface area (Å²) in [5.41, 5.74) is 1.09. The summed E-state index contributed by atoms with van der Waals surface area (Å²) in [5.74, 6) is 1.64. The second-order valence-corrected chi connectivity index (χ2v) is 7.29. The molecule has 1 aromatic carbocycles. The average molecular weight is 533 g/mol. The average Bonchev–Trinajstić information content (AvgIpc) is 2.72. The minimum Gasteiger partial charge on any atom is -0.492 e. The van der Waals surface area contributed by atoms with Crippen molar-refractivity contribution in [1.82, 2.24) is 20.4 Å². The van der Waals surface area contributed by atoms with Crippen LogP contribution >= 0.6 is 24.0 Å². The van der Waals surface area contributed by atoms with Gasteiger partial charge in [-0.25, -0.2) is 4.79 Å². The normalized spacial score (nSPS) is 14.8. The van der Waals surface area contributed by atoms with E-state index in [-0.39, 0.29) is 36.1 Å². The molecule has 0 bridgehead atoms. The molecule has 1 amide bonds. The van der Waals surface area contributed by atoms with Crippen molar-refractivity contribution in [3.8, 4) is 5.75 Å². The van der Waals surface area contributed by atoms with Gasteiger partial charge in [-0.05, 0) is 39.9 Å². The first-order valence-electron chi connectivity index (χ1n) is 10.3. The predicted molar refractivity (Wildman–Crippen MR) is 131 cm³/mol. The predicted octanol–water partition coefficient (Wildman–Crippen LogP) is 2.53. The molecular weight excluding hydrogens is 497 g/mol. The van der Waals surface area contributed by atoms with Crippen molar-refractivity contribution in [2.24, 2.45) is 4.99 Å². The Hall–Kier alpha value is -1.75. The highest BCUT2D eigenvalue weighted by molar-refractivity contribution is 14.0. The summed E-state index contributed by atoms with van der Waals surface area (Å²) >= 11 is 0. The van der Waals surface area contributed by atoms with Gasteiger partial charge >= 0.3 is 6.09 Å². The fourth-order valence-corrected chi connectivity index (χ4v) is 3.12. The Bertz CT molecular complexity index is 664. The Kier molecular flexibility index (Phi) is 12.5. The van der Waals surface area contributed by atoms with Gasteiger partial charge in [-0.2, -0.15) is 0 Å². The molecule has 0 unspecified atom stereocenters. The highest BCUT2D eigenvalue weighted by Gasteiger charge is 2.24. The van der Waals surface area contributed by atoms with Crippen LogP contribution in [0, 0.1) is 0 Å². The van der Waals surface area contributed by atoms with Crippen molar-refractivity contribution in [3.63, 3.8) is 0 Å². The number of benzene rings is 1. The third-order valence-electron chi connectivity index (χ3n) is 4.80. The molecule has 1 aromatic rings. The number of hydrogen-bond acceptors (Lipinski definition) is 5. The smallest absolute Gasteiger partial charge is 0.409 e. The Morgan fingerprint density at radius 1 is 1.27 bits per heavy atom. The number of nitrogens with zero attached hydrogens (tertiary/aromatic N) is 3. The quantitative estimate of drug-likeness (QED) is 0.304. The summed E-state index contributed by atoms with van der Waals surface area (Å²) in [4.78, 5) is 20.0. The molecular formula is C21H36IN5O3. The van der Waals surface area contributed by atoms with Gasteiger partial charge in [0.1, 0.15) is 12.4 Å². The largest absolute Gasteiger partial charge is 0.492 e. The molecule has 30 heavy (non-hydrogen) atoms. The number of likely N-dealkylation sites (N-methyl/N-ethyl adjacent to an activating group) is 1. The standard InChI is InChI=1S/C21H35N5O3.HI/c1-5-28-21(27)26-12-10-18(11-13-26)24-20(22-2)23-16-17-8-6-7-9-19(17)29-15-14-25(3)4;/h6-9,18H,5,10-16H2,1-4H3,(H2,22,23,24);1H. The van der Waals surface area contributed by atoms with Gasteiger partial charge < -0.3 is 29.9 Å². The first kappa shape index (κ1) is 26.3. The summed E-state index contributed by atoms with van der Waals surface area (Å²) in [6.07, 6.45) is 1.51. The van der Waals surface area contributed by atoms with Crippen molar-refractivity contribution in [3.05, 3.63) is 29.8 Å². The second kappa shape index (κ2) is 14.3. The summed E-state index contributed by atoms with van der Waals surface area (Å²) in [6.45, 7) is 5.76. The molecule has 0 spiro atoms. The number of rotatable bonds is 8. The van der Waals surface area contributed by atoms with Gasteiger partial charge in [0, 0.05) is 44.8 Å². The zero-order valence-electron chi connectivity index (χ0n) is 18.5. The Labute approximate surface area is 197 Å². The lowest BCUT2D eigenvalue weighted by Gasteiger charge is -2.32. The van der Waals surface area contributed by atoms with E-state index in [4.69, 9.17) is 9.47 Å². The number of likely N-dealkylation sites (tertiary alicyclic amines) is 1. The van der Waals surface area contributed by atoms with Gasteiger partial charge in [-0.3, -0.25) is 4.99 Å². The molecule has 0 atom stereocenters. The van der Waals surface area contributed by atoms with Crippen LogP contribution in [0.2, 0.25) is 0 Å². The highest BCUT2D eigenvalue weighted by Crippen LogP contribution is 2.18. The number of piperidine rings is 1. The fraction of sp³-hybridized carbons (Fsp3) is 0.619. The lowest BCUT2D eigenvalue weighted by atomic mass is 10.1. The van der Waals surface area contributed by atoms with Crippen LogP contribution in [0.25, 0.3) is 0 Å². The summed E-state index contributed by atoms with van der Waals surface area (Å²) < 4.78 is 11.0. The van der Waals surface area contributed by atoms with E-state index in [9.17, 15) is 4.79 Å². The van der Waals surface area contributed by atoms with Crippen LogP contribution in [0.1, 0.15) is 25.3 Å². The molecule has 1 aliphatic heterocycles. The summed E-state index contributed by atoms with van der Waals surface area (Å²) in [5, 5.41) is 6.83. The molecule has 2 N–H and O–H groups in total. The van der Waals surface area contributed by atoms with Gasteiger partial charge in [-0.1, -0.05) is 18.2 Å². The van der Waals surface area contributed by atoms with Crippen LogP contribution in [-0.2, 0) is 11.3 Å². The van der Waals surface area contributed by atoms with E-state index in [0.29, 0.717) is 32.8 Å². The molecule has 170 valence electrons. The van der Waals surface area contributed by atoms with Gasteiger partial charge in [0.15, 0.2) is 5.96 Å². The Balaban J connectivity index is 0.00000450. The van der Waals surface area contributed by atoms with Crippen molar-refractivity contribution in [2.75, 3.05) is 54.0 Å². The lowest BCUT2D eigenvalue weighted by Crippen LogP contribution is -2.49. The zero-order valence-corrected chi connectivity index (χ0v) is 20.8. The SMILES string of the molecule is CCOC(=O)N1CCC(NC(=NC)NCc2ccccc2OCCN(C)C)CC1.I. The number of para-hydroxylation sites is 1. The number of ether oxygens (including phenoxy) is 2. The molecule has 0 aliphatic carbocycles. The molecule has 1 aliphatic rings. The van der Waals surface area contributed by atoms with Gasteiger partial charge in [-0.15, -0.1) is 24.0 Å². The van der Waals surface area contributed by atoms with E-state index in [1.807, 2.05) is 39.2 Å². The molecule has 9 heteroatoms. The molecule has 2 rings (SSSR count). The zero-order chi connectivity index (χ0) is 21.1. The van der Waals surface area contributed by atoms with Crippen LogP contribution in [0.3, 0.4) is 0 Å². The number of hydrogen-bond donors (Lipinski definition) is 2. The number of nitrogens with one attached hydrogen (secondary N) is 2. The fourth-order valence-electron chi connectivity index (χ4n) is 3.12. The first-order valence-corrected chi connectivity index (χ1v) is 10.3. The summed E-state index contributed by atoms with van der Waals surface area (Å²) in [7, 11) is 5.83. The van der Waals surface area contributed by atoms with Gasteiger partial charge in [0.2, 0.25) is 0 Å². The third kappa shape index (κ3) is 8.95. The van der Waals surface area contributed by atoms with E-state index in [0.717, 1.165) is 36.7 Å².